The molecule has 116 valence electrons. The van der Waals surface area contributed by atoms with Crippen molar-refractivity contribution in [1.29, 1.82) is 0 Å². The van der Waals surface area contributed by atoms with Gasteiger partial charge in [0.1, 0.15) is 19.0 Å². The molecule has 0 spiro atoms. The summed E-state index contributed by atoms with van der Waals surface area (Å²) in [6, 6.07) is 14.9. The molecule has 22 heavy (non-hydrogen) atoms. The fraction of sp³-hybridized carbons (Fsp3) is 0.235. The monoisotopic (exact) mass is 300 g/mol. The highest BCUT2D eigenvalue weighted by Gasteiger charge is 2.06. The van der Waals surface area contributed by atoms with Crippen LogP contribution in [0.25, 0.3) is 0 Å². The minimum atomic E-state index is -0.214. The molecule has 0 saturated heterocycles. The maximum absolute atomic E-state index is 11.8. The second kappa shape index (κ2) is 8.05. The van der Waals surface area contributed by atoms with Gasteiger partial charge < -0.3 is 20.5 Å². The largest absolute Gasteiger partial charge is 0.491 e. The molecule has 0 aromatic heterocycles. The van der Waals surface area contributed by atoms with E-state index in [-0.39, 0.29) is 12.5 Å². The maximum atomic E-state index is 11.8. The Morgan fingerprint density at radius 1 is 1.09 bits per heavy atom. The number of rotatable bonds is 7. The van der Waals surface area contributed by atoms with E-state index in [1.165, 1.54) is 0 Å². The fourth-order valence-electron chi connectivity index (χ4n) is 1.88. The van der Waals surface area contributed by atoms with E-state index in [0.29, 0.717) is 24.6 Å². The summed E-state index contributed by atoms with van der Waals surface area (Å²) < 4.78 is 10.8. The zero-order valence-electron chi connectivity index (χ0n) is 12.5. The number of nitrogen functional groups attached to an aromatic ring is 1. The molecular formula is C17H20N2O3. The summed E-state index contributed by atoms with van der Waals surface area (Å²) in [5, 5.41) is 2.77. The molecule has 5 heteroatoms. The Balaban J connectivity index is 1.67. The summed E-state index contributed by atoms with van der Waals surface area (Å²) in [5.41, 5.74) is 7.99. The molecule has 0 fully saturated rings. The van der Waals surface area contributed by atoms with Gasteiger partial charge in [-0.05, 0) is 36.8 Å². The number of hydrogen-bond acceptors (Lipinski definition) is 4. The molecule has 0 aliphatic rings. The Morgan fingerprint density at radius 3 is 2.64 bits per heavy atom. The van der Waals surface area contributed by atoms with Gasteiger partial charge >= 0.3 is 0 Å². The van der Waals surface area contributed by atoms with Crippen molar-refractivity contribution < 1.29 is 14.3 Å². The highest BCUT2D eigenvalue weighted by atomic mass is 16.5. The van der Waals surface area contributed by atoms with Crippen LogP contribution in [0.2, 0.25) is 0 Å². The quantitative estimate of drug-likeness (QED) is 0.609. The van der Waals surface area contributed by atoms with Crippen LogP contribution in [0.15, 0.2) is 48.5 Å². The van der Waals surface area contributed by atoms with E-state index < -0.39 is 0 Å². The lowest BCUT2D eigenvalue weighted by atomic mass is 10.1. The predicted octanol–water partition coefficient (Wildman–Crippen LogP) is 2.61. The second-order valence-electron chi connectivity index (χ2n) is 4.78. The third-order valence-corrected chi connectivity index (χ3v) is 3.12. The second-order valence-corrected chi connectivity index (χ2v) is 4.78. The molecule has 0 aliphatic carbocycles. The Hall–Kier alpha value is -2.53. The molecule has 1 amide bonds. The highest BCUT2D eigenvalue weighted by molar-refractivity contribution is 5.93. The van der Waals surface area contributed by atoms with Gasteiger partial charge in [-0.2, -0.15) is 0 Å². The number of benzene rings is 2. The fourth-order valence-corrected chi connectivity index (χ4v) is 1.88. The zero-order chi connectivity index (χ0) is 15.8. The van der Waals surface area contributed by atoms with E-state index in [4.69, 9.17) is 15.2 Å². The van der Waals surface area contributed by atoms with Crippen molar-refractivity contribution in [3.63, 3.8) is 0 Å². The first kappa shape index (κ1) is 15.9. The van der Waals surface area contributed by atoms with Crippen molar-refractivity contribution >= 4 is 17.3 Å². The van der Waals surface area contributed by atoms with Gasteiger partial charge in [-0.3, -0.25) is 4.79 Å². The van der Waals surface area contributed by atoms with Crippen molar-refractivity contribution in [3.05, 3.63) is 54.1 Å². The predicted molar refractivity (Wildman–Crippen MR) is 87.0 cm³/mol. The van der Waals surface area contributed by atoms with Gasteiger partial charge in [0.05, 0.1) is 6.61 Å². The van der Waals surface area contributed by atoms with Crippen LogP contribution >= 0.6 is 0 Å². The van der Waals surface area contributed by atoms with Gasteiger partial charge in [0, 0.05) is 11.4 Å². The van der Waals surface area contributed by atoms with Crippen molar-refractivity contribution in [1.82, 2.24) is 0 Å². The molecule has 2 aromatic carbocycles. The number of carbonyl (C=O) groups excluding carboxylic acids is 1. The number of nitrogens with two attached hydrogens (primary N) is 1. The van der Waals surface area contributed by atoms with E-state index in [9.17, 15) is 4.79 Å². The van der Waals surface area contributed by atoms with E-state index in [2.05, 4.69) is 5.32 Å². The molecule has 0 heterocycles. The molecule has 5 nitrogen and oxygen atoms in total. The molecule has 3 N–H and O–H groups in total. The molecular weight excluding hydrogens is 280 g/mol. The molecule has 0 unspecified atom stereocenters. The van der Waals surface area contributed by atoms with Crippen LogP contribution in [-0.2, 0) is 9.53 Å². The van der Waals surface area contributed by atoms with Crippen LogP contribution in [0.4, 0.5) is 11.4 Å². The summed E-state index contributed by atoms with van der Waals surface area (Å²) in [7, 11) is 0. The van der Waals surface area contributed by atoms with E-state index in [1.54, 1.807) is 12.1 Å². The van der Waals surface area contributed by atoms with E-state index in [0.717, 1.165) is 11.3 Å². The highest BCUT2D eigenvalue weighted by Crippen LogP contribution is 2.20. The van der Waals surface area contributed by atoms with Gasteiger partial charge in [0.25, 0.3) is 0 Å². The molecule has 2 aromatic rings. The molecule has 0 atom stereocenters. The first-order chi connectivity index (χ1) is 10.7. The van der Waals surface area contributed by atoms with Crippen LogP contribution in [0.3, 0.4) is 0 Å². The minimum absolute atomic E-state index is 0.0214. The smallest absolute Gasteiger partial charge is 0.250 e. The Morgan fingerprint density at radius 2 is 1.86 bits per heavy atom. The first-order valence-corrected chi connectivity index (χ1v) is 7.07. The SMILES string of the molecule is Cc1c(N)cccc1NC(=O)COCCOc1ccccc1. The first-order valence-electron chi connectivity index (χ1n) is 7.07. The van der Waals surface area contributed by atoms with Crippen molar-refractivity contribution in [2.75, 3.05) is 30.9 Å². The van der Waals surface area contributed by atoms with Crippen LogP contribution < -0.4 is 15.8 Å². The summed E-state index contributed by atoms with van der Waals surface area (Å²) in [4.78, 5) is 11.8. The Kier molecular flexibility index (Phi) is 5.80. The summed E-state index contributed by atoms with van der Waals surface area (Å²) in [5.74, 6) is 0.569. The van der Waals surface area contributed by atoms with Gasteiger partial charge in [0.15, 0.2) is 0 Å². The number of nitrogens with one attached hydrogen (secondary N) is 1. The molecule has 2 rings (SSSR count). The molecule has 0 saturated carbocycles. The van der Waals surface area contributed by atoms with Crippen molar-refractivity contribution in [2.24, 2.45) is 0 Å². The lowest BCUT2D eigenvalue weighted by Gasteiger charge is -2.10. The van der Waals surface area contributed by atoms with Crippen LogP contribution in [0.5, 0.6) is 5.75 Å². The number of amides is 1. The number of para-hydroxylation sites is 1. The molecule has 0 bridgehead atoms. The van der Waals surface area contributed by atoms with Crippen molar-refractivity contribution in [2.45, 2.75) is 6.92 Å². The number of hydrogen-bond donors (Lipinski definition) is 2. The number of carbonyl (C=O) groups is 1. The molecule has 0 aliphatic heterocycles. The zero-order valence-corrected chi connectivity index (χ0v) is 12.5. The van der Waals surface area contributed by atoms with Crippen LogP contribution in [0, 0.1) is 6.92 Å². The molecule has 0 radical (unpaired) electrons. The lowest BCUT2D eigenvalue weighted by molar-refractivity contribution is -0.120. The van der Waals surface area contributed by atoms with Crippen molar-refractivity contribution in [3.8, 4) is 5.75 Å². The Bertz CT molecular complexity index is 615. The average molecular weight is 300 g/mol. The third kappa shape index (κ3) is 4.79. The topological polar surface area (TPSA) is 73.6 Å². The lowest BCUT2D eigenvalue weighted by Crippen LogP contribution is -2.20. The van der Waals surface area contributed by atoms with E-state index in [1.807, 2.05) is 43.3 Å². The summed E-state index contributed by atoms with van der Waals surface area (Å²) in [6.07, 6.45) is 0. The van der Waals surface area contributed by atoms with Crippen LogP contribution in [-0.4, -0.2) is 25.7 Å². The standard InChI is InChI=1S/C17H20N2O3/c1-13-15(18)8-5-9-16(13)19-17(20)12-21-10-11-22-14-6-3-2-4-7-14/h2-9H,10-12,18H2,1H3,(H,19,20). The minimum Gasteiger partial charge on any atom is -0.491 e. The third-order valence-electron chi connectivity index (χ3n) is 3.12. The van der Waals surface area contributed by atoms with Gasteiger partial charge in [-0.25, -0.2) is 0 Å². The normalized spacial score (nSPS) is 10.2. The van der Waals surface area contributed by atoms with Gasteiger partial charge in [0.2, 0.25) is 5.91 Å². The maximum Gasteiger partial charge on any atom is 0.250 e. The average Bonchev–Trinajstić information content (AvgIpc) is 2.52. The van der Waals surface area contributed by atoms with Crippen LogP contribution in [0.1, 0.15) is 5.56 Å². The Labute approximate surface area is 130 Å². The number of ether oxygens (including phenoxy) is 2. The summed E-state index contributed by atoms with van der Waals surface area (Å²) >= 11 is 0. The summed E-state index contributed by atoms with van der Waals surface area (Å²) in [6.45, 7) is 2.58. The van der Waals surface area contributed by atoms with E-state index >= 15 is 0 Å². The van der Waals surface area contributed by atoms with Gasteiger partial charge in [-0.1, -0.05) is 24.3 Å². The van der Waals surface area contributed by atoms with Gasteiger partial charge in [-0.15, -0.1) is 0 Å². The number of anilines is 2.